The second kappa shape index (κ2) is 6.85. The van der Waals surface area contributed by atoms with Gasteiger partial charge in [-0.25, -0.2) is 4.39 Å². The molecule has 0 aliphatic heterocycles. The number of nitrogens with two attached hydrogens (primary N) is 1. The van der Waals surface area contributed by atoms with Gasteiger partial charge in [0, 0.05) is 28.5 Å². The molecule has 1 atom stereocenters. The minimum Gasteiger partial charge on any atom is -0.488 e. The topological polar surface area (TPSA) is 55.5 Å². The van der Waals surface area contributed by atoms with Gasteiger partial charge >= 0.3 is 0 Å². The highest BCUT2D eigenvalue weighted by Crippen LogP contribution is 2.35. The van der Waals surface area contributed by atoms with E-state index in [-0.39, 0.29) is 23.7 Å². The quantitative estimate of drug-likeness (QED) is 0.618. The van der Waals surface area contributed by atoms with Gasteiger partial charge in [-0.2, -0.15) is 0 Å². The summed E-state index contributed by atoms with van der Waals surface area (Å²) in [4.78, 5) is 0.785. The summed E-state index contributed by atoms with van der Waals surface area (Å²) in [5.41, 5.74) is 6.19. The molecule has 0 aliphatic rings. The number of aliphatic hydroxyl groups is 1. The van der Waals surface area contributed by atoms with Crippen molar-refractivity contribution in [2.45, 2.75) is 43.4 Å². The Hall–Kier alpha value is -0.940. The number of nitrogen functional groups attached to an aromatic ring is 1. The maximum atomic E-state index is 13.6. The maximum absolute atomic E-state index is 13.6. The molecule has 18 heavy (non-hydrogen) atoms. The van der Waals surface area contributed by atoms with E-state index in [4.69, 9.17) is 15.6 Å². The number of hydrogen-bond acceptors (Lipinski definition) is 4. The molecular formula is C13H20FNO2S. The van der Waals surface area contributed by atoms with Crippen LogP contribution in [0, 0.1) is 5.82 Å². The van der Waals surface area contributed by atoms with Gasteiger partial charge in [-0.1, -0.05) is 6.92 Å². The van der Waals surface area contributed by atoms with Gasteiger partial charge in [-0.05, 0) is 26.3 Å². The summed E-state index contributed by atoms with van der Waals surface area (Å²) in [6.45, 7) is 5.81. The van der Waals surface area contributed by atoms with Gasteiger partial charge in [0.15, 0.2) is 11.6 Å². The van der Waals surface area contributed by atoms with Crippen LogP contribution in [0.2, 0.25) is 0 Å². The summed E-state index contributed by atoms with van der Waals surface area (Å²) in [5.74, 6) is -0.224. The third-order valence-electron chi connectivity index (χ3n) is 2.29. The lowest BCUT2D eigenvalue weighted by Crippen LogP contribution is -2.08. The Morgan fingerprint density at radius 3 is 2.61 bits per heavy atom. The summed E-state index contributed by atoms with van der Waals surface area (Å²) in [6.07, 6.45) is 0.581. The van der Waals surface area contributed by atoms with Gasteiger partial charge in [0.25, 0.3) is 0 Å². The zero-order valence-corrected chi connectivity index (χ0v) is 11.8. The minimum atomic E-state index is -0.444. The van der Waals surface area contributed by atoms with Crippen LogP contribution in [0.4, 0.5) is 10.1 Å². The van der Waals surface area contributed by atoms with E-state index in [2.05, 4.69) is 0 Å². The van der Waals surface area contributed by atoms with Crippen LogP contribution in [-0.2, 0) is 0 Å². The standard InChI is InChI=1S/C13H20FNO2S/c1-8(2)17-12-7-13(11(15)6-10(12)14)18-9(3)4-5-16/h6-9,16H,4-5,15H2,1-3H3. The Balaban J connectivity index is 2.90. The Morgan fingerprint density at radius 1 is 1.39 bits per heavy atom. The van der Waals surface area contributed by atoms with Crippen molar-refractivity contribution in [1.82, 2.24) is 0 Å². The second-order valence-electron chi connectivity index (χ2n) is 4.43. The van der Waals surface area contributed by atoms with Crippen LogP contribution in [-0.4, -0.2) is 23.1 Å². The number of rotatable bonds is 6. The smallest absolute Gasteiger partial charge is 0.167 e. The van der Waals surface area contributed by atoms with E-state index >= 15 is 0 Å². The maximum Gasteiger partial charge on any atom is 0.167 e. The molecule has 1 aromatic rings. The molecule has 5 heteroatoms. The fourth-order valence-electron chi connectivity index (χ4n) is 1.45. The Labute approximate surface area is 112 Å². The molecule has 3 N–H and O–H groups in total. The summed E-state index contributed by atoms with van der Waals surface area (Å²) in [7, 11) is 0. The SMILES string of the molecule is CC(C)Oc1cc(SC(C)CCO)c(N)cc1F. The zero-order valence-electron chi connectivity index (χ0n) is 10.9. The first-order valence-electron chi connectivity index (χ1n) is 5.97. The summed E-state index contributed by atoms with van der Waals surface area (Å²) in [5, 5.41) is 9.09. The molecule has 3 nitrogen and oxygen atoms in total. The van der Waals surface area contributed by atoms with Gasteiger partial charge in [0.1, 0.15) is 0 Å². The third kappa shape index (κ3) is 4.38. The average molecular weight is 273 g/mol. The molecule has 0 amide bonds. The Kier molecular flexibility index (Phi) is 5.75. The first-order valence-corrected chi connectivity index (χ1v) is 6.85. The van der Waals surface area contributed by atoms with Gasteiger partial charge in [0.2, 0.25) is 0 Å². The van der Waals surface area contributed by atoms with E-state index < -0.39 is 5.82 Å². The first kappa shape index (κ1) is 15.1. The van der Waals surface area contributed by atoms with Crippen molar-refractivity contribution >= 4 is 17.4 Å². The largest absolute Gasteiger partial charge is 0.488 e. The van der Waals surface area contributed by atoms with Crippen molar-refractivity contribution in [3.8, 4) is 5.75 Å². The monoisotopic (exact) mass is 273 g/mol. The van der Waals surface area contributed by atoms with Crippen molar-refractivity contribution < 1.29 is 14.2 Å². The molecule has 1 unspecified atom stereocenters. The van der Waals surface area contributed by atoms with Crippen molar-refractivity contribution in [3.05, 3.63) is 17.9 Å². The summed E-state index contributed by atoms with van der Waals surface area (Å²) in [6, 6.07) is 2.91. The van der Waals surface area contributed by atoms with Crippen LogP contribution in [0.1, 0.15) is 27.2 Å². The molecular weight excluding hydrogens is 253 g/mol. The molecule has 0 radical (unpaired) electrons. The molecule has 1 rings (SSSR count). The molecule has 0 fully saturated rings. The highest BCUT2D eigenvalue weighted by Gasteiger charge is 2.13. The van der Waals surface area contributed by atoms with Crippen molar-refractivity contribution in [2.75, 3.05) is 12.3 Å². The second-order valence-corrected chi connectivity index (χ2v) is 5.91. The average Bonchev–Trinajstić information content (AvgIpc) is 2.24. The molecule has 0 spiro atoms. The molecule has 0 saturated heterocycles. The van der Waals surface area contributed by atoms with E-state index in [9.17, 15) is 4.39 Å². The third-order valence-corrected chi connectivity index (χ3v) is 3.54. The van der Waals surface area contributed by atoms with Gasteiger partial charge < -0.3 is 15.6 Å². The molecule has 102 valence electrons. The first-order chi connectivity index (χ1) is 8.43. The number of aliphatic hydroxyl groups excluding tert-OH is 1. The fourth-order valence-corrected chi connectivity index (χ4v) is 2.48. The lowest BCUT2D eigenvalue weighted by atomic mass is 10.3. The van der Waals surface area contributed by atoms with E-state index in [0.29, 0.717) is 12.1 Å². The predicted octanol–water partition coefficient (Wildman–Crippen LogP) is 3.06. The molecule has 0 aromatic heterocycles. The van der Waals surface area contributed by atoms with E-state index in [1.807, 2.05) is 20.8 Å². The highest BCUT2D eigenvalue weighted by atomic mass is 32.2. The number of ether oxygens (including phenoxy) is 1. The van der Waals surface area contributed by atoms with Crippen molar-refractivity contribution in [2.24, 2.45) is 0 Å². The van der Waals surface area contributed by atoms with Crippen LogP contribution in [0.3, 0.4) is 0 Å². The normalized spacial score (nSPS) is 12.8. The fraction of sp³-hybridized carbons (Fsp3) is 0.538. The molecule has 1 aromatic carbocycles. The van der Waals surface area contributed by atoms with E-state index in [1.165, 1.54) is 17.8 Å². The number of anilines is 1. The molecule has 0 bridgehead atoms. The van der Waals surface area contributed by atoms with Crippen molar-refractivity contribution in [1.29, 1.82) is 0 Å². The van der Waals surface area contributed by atoms with E-state index in [0.717, 1.165) is 4.90 Å². The van der Waals surface area contributed by atoms with Gasteiger partial charge in [0.05, 0.1) is 6.10 Å². The lowest BCUT2D eigenvalue weighted by Gasteiger charge is -2.15. The van der Waals surface area contributed by atoms with Gasteiger partial charge in [-0.3, -0.25) is 0 Å². The van der Waals surface area contributed by atoms with Crippen LogP contribution in [0.5, 0.6) is 5.75 Å². The van der Waals surface area contributed by atoms with Crippen LogP contribution in [0.15, 0.2) is 17.0 Å². The molecule has 0 saturated carbocycles. The summed E-state index contributed by atoms with van der Waals surface area (Å²) < 4.78 is 19.0. The zero-order chi connectivity index (χ0) is 13.7. The Bertz CT molecular complexity index is 399. The summed E-state index contributed by atoms with van der Waals surface area (Å²) >= 11 is 1.51. The minimum absolute atomic E-state index is 0.0872. The van der Waals surface area contributed by atoms with E-state index in [1.54, 1.807) is 6.07 Å². The number of benzene rings is 1. The number of thioether (sulfide) groups is 1. The van der Waals surface area contributed by atoms with Gasteiger partial charge in [-0.15, -0.1) is 11.8 Å². The van der Waals surface area contributed by atoms with Crippen LogP contribution in [0.25, 0.3) is 0 Å². The van der Waals surface area contributed by atoms with Crippen molar-refractivity contribution in [3.63, 3.8) is 0 Å². The highest BCUT2D eigenvalue weighted by molar-refractivity contribution is 8.00. The number of hydrogen-bond donors (Lipinski definition) is 2. The molecule has 0 aliphatic carbocycles. The number of halogens is 1. The predicted molar refractivity (Wildman–Crippen MR) is 73.6 cm³/mol. The molecule has 0 heterocycles. The lowest BCUT2D eigenvalue weighted by molar-refractivity contribution is 0.230. The van der Waals surface area contributed by atoms with Crippen LogP contribution < -0.4 is 10.5 Å². The van der Waals surface area contributed by atoms with Crippen LogP contribution >= 0.6 is 11.8 Å². The Morgan fingerprint density at radius 2 is 2.06 bits per heavy atom.